The summed E-state index contributed by atoms with van der Waals surface area (Å²) in [5, 5.41) is 4.32. The van der Waals surface area contributed by atoms with Crippen molar-refractivity contribution >= 4 is 17.4 Å². The number of hydrogen-bond donors (Lipinski definition) is 1. The van der Waals surface area contributed by atoms with Gasteiger partial charge in [-0.15, -0.1) is 11.3 Å². The largest absolute Gasteiger partial charge is 0.334 e. The highest BCUT2D eigenvalue weighted by Gasteiger charge is 2.36. The van der Waals surface area contributed by atoms with Crippen LogP contribution in [0.15, 0.2) is 72.9 Å². The van der Waals surface area contributed by atoms with Gasteiger partial charge in [-0.2, -0.15) is 0 Å². The summed E-state index contributed by atoms with van der Waals surface area (Å²) >= 11 is 1.85. The van der Waals surface area contributed by atoms with E-state index in [-0.39, 0.29) is 17.9 Å². The first-order valence-electron chi connectivity index (χ1n) is 11.8. The molecule has 1 aliphatic carbocycles. The maximum atomic E-state index is 14.3. The minimum atomic E-state index is -0.389. The van der Waals surface area contributed by atoms with Crippen LogP contribution in [0.2, 0.25) is 0 Å². The summed E-state index contributed by atoms with van der Waals surface area (Å²) in [6.45, 7) is 0.951. The predicted octanol–water partition coefficient (Wildman–Crippen LogP) is 6.37. The molecule has 1 atom stereocenters. The van der Waals surface area contributed by atoms with Gasteiger partial charge in [0, 0.05) is 23.2 Å². The Morgan fingerprint density at radius 2 is 1.85 bits per heavy atom. The number of carbonyl (C=O) groups is 1. The molecule has 1 N–H and O–H groups in total. The van der Waals surface area contributed by atoms with Crippen molar-refractivity contribution in [3.8, 4) is 5.00 Å². The Hall–Kier alpha value is -3.38. The molecule has 0 spiro atoms. The minimum absolute atomic E-state index is 0.144. The quantitative estimate of drug-likeness (QED) is 0.370. The van der Waals surface area contributed by atoms with E-state index in [0.29, 0.717) is 13.1 Å². The lowest BCUT2D eigenvalue weighted by Gasteiger charge is -2.31. The molecule has 6 rings (SSSR count). The molecule has 2 aromatic carbocycles. The summed E-state index contributed by atoms with van der Waals surface area (Å²) in [6, 6.07) is 20.1. The molecule has 0 bridgehead atoms. The first-order chi connectivity index (χ1) is 16.7. The standard InChI is InChI=1S/C28H26FN3OS/c29-21-11-6-10-20(16-21)26-24-13-7-15-31(24)27-23(22-12-4-5-14-25(22)34-27)18-32(26)28(33)30-17-19-8-2-1-3-9-19/h1-3,6-11,13,15-16,26H,4-5,12,14,17-18H2,(H,30,33)/t26-/m1/s1. The molecule has 6 heteroatoms. The molecule has 0 fully saturated rings. The Bertz CT molecular complexity index is 1340. The van der Waals surface area contributed by atoms with E-state index in [1.807, 2.05) is 58.7 Å². The average Bonchev–Trinajstić information content (AvgIpc) is 3.45. The van der Waals surface area contributed by atoms with Crippen LogP contribution in [0.1, 0.15) is 51.7 Å². The Balaban J connectivity index is 1.45. The molecule has 2 amide bonds. The number of halogens is 1. The third kappa shape index (κ3) is 3.72. The van der Waals surface area contributed by atoms with Crippen molar-refractivity contribution < 1.29 is 9.18 Å². The highest BCUT2D eigenvalue weighted by Crippen LogP contribution is 2.44. The molecule has 1 aliphatic heterocycles. The highest BCUT2D eigenvalue weighted by molar-refractivity contribution is 7.15. The van der Waals surface area contributed by atoms with Gasteiger partial charge < -0.3 is 14.8 Å². The van der Waals surface area contributed by atoms with Gasteiger partial charge in [-0.1, -0.05) is 42.5 Å². The Kier molecular flexibility index (Phi) is 5.46. The van der Waals surface area contributed by atoms with Crippen LogP contribution in [-0.2, 0) is 25.9 Å². The van der Waals surface area contributed by atoms with Gasteiger partial charge in [0.05, 0.1) is 18.3 Å². The van der Waals surface area contributed by atoms with Gasteiger partial charge in [-0.25, -0.2) is 9.18 Å². The molecular formula is C28H26FN3OS. The van der Waals surface area contributed by atoms with Crippen molar-refractivity contribution in [2.75, 3.05) is 0 Å². The maximum absolute atomic E-state index is 14.3. The van der Waals surface area contributed by atoms with Gasteiger partial charge in [0.15, 0.2) is 0 Å². The monoisotopic (exact) mass is 471 g/mol. The minimum Gasteiger partial charge on any atom is -0.334 e. The summed E-state index contributed by atoms with van der Waals surface area (Å²) in [7, 11) is 0. The molecule has 172 valence electrons. The van der Waals surface area contributed by atoms with Crippen LogP contribution >= 0.6 is 11.3 Å². The van der Waals surface area contributed by atoms with Crippen LogP contribution in [0.3, 0.4) is 0 Å². The fourth-order valence-electron chi connectivity index (χ4n) is 5.29. The lowest BCUT2D eigenvalue weighted by molar-refractivity contribution is 0.180. The van der Waals surface area contributed by atoms with Crippen molar-refractivity contribution in [1.29, 1.82) is 0 Å². The molecule has 2 aromatic heterocycles. The second-order valence-electron chi connectivity index (χ2n) is 9.03. The molecule has 4 nitrogen and oxygen atoms in total. The van der Waals surface area contributed by atoms with Gasteiger partial charge >= 0.3 is 6.03 Å². The lowest BCUT2D eigenvalue weighted by Crippen LogP contribution is -2.41. The van der Waals surface area contributed by atoms with Crippen molar-refractivity contribution in [3.63, 3.8) is 0 Å². The maximum Gasteiger partial charge on any atom is 0.318 e. The van der Waals surface area contributed by atoms with Crippen LogP contribution in [0.25, 0.3) is 5.00 Å². The van der Waals surface area contributed by atoms with E-state index >= 15 is 0 Å². The van der Waals surface area contributed by atoms with Gasteiger partial charge in [-0.3, -0.25) is 0 Å². The van der Waals surface area contributed by atoms with Crippen LogP contribution < -0.4 is 5.32 Å². The number of rotatable bonds is 3. The second-order valence-corrected chi connectivity index (χ2v) is 10.1. The zero-order valence-electron chi connectivity index (χ0n) is 18.8. The average molecular weight is 472 g/mol. The normalized spacial score (nSPS) is 16.9. The summed E-state index contributed by atoms with van der Waals surface area (Å²) in [5.41, 5.74) is 5.46. The SMILES string of the molecule is O=C(NCc1ccccc1)N1Cc2c(sc3c2CCCC3)-n2cccc2[C@H]1c1cccc(F)c1. The first kappa shape index (κ1) is 21.2. The number of urea groups is 1. The fraction of sp³-hybridized carbons (Fsp3) is 0.250. The Labute approximate surface area is 202 Å². The van der Waals surface area contributed by atoms with Crippen LogP contribution in [0.5, 0.6) is 0 Å². The van der Waals surface area contributed by atoms with Crippen LogP contribution in [-0.4, -0.2) is 15.5 Å². The van der Waals surface area contributed by atoms with Crippen molar-refractivity contribution in [2.24, 2.45) is 0 Å². The molecule has 2 aliphatic rings. The van der Waals surface area contributed by atoms with Gasteiger partial charge in [0.1, 0.15) is 10.8 Å². The van der Waals surface area contributed by atoms with E-state index in [0.717, 1.165) is 29.7 Å². The molecule has 0 radical (unpaired) electrons. The number of fused-ring (bicyclic) bond motifs is 5. The molecule has 0 unspecified atom stereocenters. The van der Waals surface area contributed by atoms with Crippen LogP contribution in [0, 0.1) is 5.82 Å². The zero-order valence-corrected chi connectivity index (χ0v) is 19.7. The van der Waals surface area contributed by atoms with Gasteiger partial charge in [0.25, 0.3) is 0 Å². The predicted molar refractivity (Wildman–Crippen MR) is 133 cm³/mol. The van der Waals surface area contributed by atoms with Gasteiger partial charge in [0.2, 0.25) is 0 Å². The first-order valence-corrected chi connectivity index (χ1v) is 12.7. The third-order valence-corrected chi connectivity index (χ3v) is 8.22. The summed E-state index contributed by atoms with van der Waals surface area (Å²) in [6.07, 6.45) is 6.65. The third-order valence-electron chi connectivity index (χ3n) is 6.89. The van der Waals surface area contributed by atoms with Crippen molar-refractivity contribution in [2.45, 2.75) is 44.8 Å². The fourth-order valence-corrected chi connectivity index (χ4v) is 6.69. The molecular weight excluding hydrogens is 445 g/mol. The Morgan fingerprint density at radius 1 is 1.00 bits per heavy atom. The number of thiophene rings is 1. The number of aromatic nitrogens is 1. The van der Waals surface area contributed by atoms with E-state index in [9.17, 15) is 9.18 Å². The van der Waals surface area contributed by atoms with Gasteiger partial charge in [-0.05, 0) is 66.6 Å². The Morgan fingerprint density at radius 3 is 2.71 bits per heavy atom. The molecule has 34 heavy (non-hydrogen) atoms. The number of benzene rings is 2. The zero-order chi connectivity index (χ0) is 23.1. The topological polar surface area (TPSA) is 37.3 Å². The molecule has 0 saturated carbocycles. The number of amides is 2. The number of nitrogens with one attached hydrogen (secondary N) is 1. The van der Waals surface area contributed by atoms with Crippen LogP contribution in [0.4, 0.5) is 9.18 Å². The van der Waals surface area contributed by atoms with Crippen molar-refractivity contribution in [3.05, 3.63) is 112 Å². The highest BCUT2D eigenvalue weighted by atomic mass is 32.1. The van der Waals surface area contributed by atoms with Crippen molar-refractivity contribution in [1.82, 2.24) is 14.8 Å². The molecule has 3 heterocycles. The molecule has 4 aromatic rings. The van der Waals surface area contributed by atoms with E-state index in [4.69, 9.17) is 0 Å². The number of carbonyl (C=O) groups excluding carboxylic acids is 1. The molecule has 0 saturated heterocycles. The number of aryl methyl sites for hydroxylation is 1. The lowest BCUT2D eigenvalue weighted by atomic mass is 9.95. The summed E-state index contributed by atoms with van der Waals surface area (Å²) in [5.74, 6) is -0.295. The van der Waals surface area contributed by atoms with E-state index in [1.54, 1.807) is 12.1 Å². The number of hydrogen-bond acceptors (Lipinski definition) is 2. The summed E-state index contributed by atoms with van der Waals surface area (Å²) < 4.78 is 16.5. The second kappa shape index (κ2) is 8.76. The smallest absolute Gasteiger partial charge is 0.318 e. The summed E-state index contributed by atoms with van der Waals surface area (Å²) in [4.78, 5) is 17.1. The number of nitrogens with zero attached hydrogens (tertiary/aromatic N) is 2. The van der Waals surface area contributed by atoms with E-state index in [1.165, 1.54) is 39.9 Å². The van der Waals surface area contributed by atoms with E-state index in [2.05, 4.69) is 22.1 Å². The van der Waals surface area contributed by atoms with E-state index < -0.39 is 0 Å².